The van der Waals surface area contributed by atoms with Gasteiger partial charge in [0.05, 0.1) is 11.8 Å². The molecule has 138 valence electrons. The molecule has 2 fully saturated rings. The molecule has 0 saturated carbocycles. The largest absolute Gasteiger partial charge is 0.377 e. The molecule has 0 bridgehead atoms. The Morgan fingerprint density at radius 3 is 2.69 bits per heavy atom. The molecule has 0 radical (unpaired) electrons. The monoisotopic (exact) mass is 418 g/mol. The Morgan fingerprint density at radius 1 is 1.23 bits per heavy atom. The summed E-state index contributed by atoms with van der Waals surface area (Å²) in [5, 5.41) is 7.20. The summed E-state index contributed by atoms with van der Waals surface area (Å²) in [6.45, 7) is 5.18. The van der Waals surface area contributed by atoms with E-state index in [2.05, 4.69) is 31.0 Å². The first-order valence-electron chi connectivity index (χ1n) is 9.13. The molecule has 2 saturated heterocycles. The normalized spacial score (nSPS) is 21.3. The van der Waals surface area contributed by atoms with Gasteiger partial charge < -0.3 is 9.64 Å². The SMILES string of the molecule is O=C(c1cc(-c2ccc(Br)cc2)n[nH]1)N1CCN(CC2CCCO2)CC1. The number of rotatable bonds is 4. The van der Waals surface area contributed by atoms with Crippen LogP contribution in [-0.2, 0) is 4.74 Å². The van der Waals surface area contributed by atoms with Gasteiger partial charge in [0, 0.05) is 49.4 Å². The number of amides is 1. The minimum atomic E-state index is 0.0256. The summed E-state index contributed by atoms with van der Waals surface area (Å²) in [6, 6.07) is 9.75. The lowest BCUT2D eigenvalue weighted by molar-refractivity contribution is 0.0430. The van der Waals surface area contributed by atoms with E-state index in [9.17, 15) is 4.79 Å². The molecule has 1 amide bonds. The van der Waals surface area contributed by atoms with Gasteiger partial charge in [0.25, 0.3) is 5.91 Å². The van der Waals surface area contributed by atoms with Crippen molar-refractivity contribution >= 4 is 21.8 Å². The number of H-pyrrole nitrogens is 1. The van der Waals surface area contributed by atoms with Gasteiger partial charge in [-0.1, -0.05) is 28.1 Å². The lowest BCUT2D eigenvalue weighted by Gasteiger charge is -2.35. The van der Waals surface area contributed by atoms with Gasteiger partial charge in [-0.15, -0.1) is 0 Å². The number of piperazine rings is 1. The molecule has 1 aromatic heterocycles. The van der Waals surface area contributed by atoms with Gasteiger partial charge in [-0.2, -0.15) is 5.10 Å². The van der Waals surface area contributed by atoms with Crippen molar-refractivity contribution in [2.24, 2.45) is 0 Å². The highest BCUT2D eigenvalue weighted by Crippen LogP contribution is 2.21. The second-order valence-corrected chi connectivity index (χ2v) is 7.82. The standard InChI is InChI=1S/C19H23BrN4O2/c20-15-5-3-14(4-6-15)17-12-18(22-21-17)19(25)24-9-7-23(8-10-24)13-16-2-1-11-26-16/h3-6,12,16H,1-2,7-11,13H2,(H,21,22). The van der Waals surface area contributed by atoms with Crippen molar-refractivity contribution in [1.82, 2.24) is 20.0 Å². The number of benzene rings is 1. The minimum absolute atomic E-state index is 0.0256. The zero-order chi connectivity index (χ0) is 17.9. The predicted octanol–water partition coefficient (Wildman–Crippen LogP) is 2.78. The highest BCUT2D eigenvalue weighted by molar-refractivity contribution is 9.10. The molecule has 26 heavy (non-hydrogen) atoms. The van der Waals surface area contributed by atoms with Crippen LogP contribution in [0.15, 0.2) is 34.8 Å². The second-order valence-electron chi connectivity index (χ2n) is 6.90. The zero-order valence-electron chi connectivity index (χ0n) is 14.7. The third-order valence-corrected chi connectivity index (χ3v) is 5.62. The summed E-state index contributed by atoms with van der Waals surface area (Å²) in [5.74, 6) is 0.0256. The Labute approximate surface area is 161 Å². The summed E-state index contributed by atoms with van der Waals surface area (Å²) in [6.07, 6.45) is 2.70. The fraction of sp³-hybridized carbons (Fsp3) is 0.474. The summed E-state index contributed by atoms with van der Waals surface area (Å²) in [7, 11) is 0. The number of carbonyl (C=O) groups excluding carboxylic acids is 1. The molecule has 1 N–H and O–H groups in total. The number of aromatic amines is 1. The zero-order valence-corrected chi connectivity index (χ0v) is 16.2. The van der Waals surface area contributed by atoms with E-state index < -0.39 is 0 Å². The quantitative estimate of drug-likeness (QED) is 0.828. The molecule has 3 heterocycles. The first-order valence-corrected chi connectivity index (χ1v) is 9.93. The van der Waals surface area contributed by atoms with Crippen molar-refractivity contribution in [2.75, 3.05) is 39.3 Å². The van der Waals surface area contributed by atoms with E-state index >= 15 is 0 Å². The van der Waals surface area contributed by atoms with Gasteiger partial charge in [0.15, 0.2) is 0 Å². The average Bonchev–Trinajstić information content (AvgIpc) is 3.34. The Morgan fingerprint density at radius 2 is 2.00 bits per heavy atom. The smallest absolute Gasteiger partial charge is 0.271 e. The second kappa shape index (κ2) is 7.90. The van der Waals surface area contributed by atoms with Crippen molar-refractivity contribution in [3.05, 3.63) is 40.5 Å². The first kappa shape index (κ1) is 17.7. The van der Waals surface area contributed by atoms with E-state index in [1.165, 1.54) is 6.42 Å². The van der Waals surface area contributed by atoms with Crippen LogP contribution in [0.2, 0.25) is 0 Å². The lowest BCUT2D eigenvalue weighted by atomic mass is 10.1. The van der Waals surface area contributed by atoms with Crippen molar-refractivity contribution in [2.45, 2.75) is 18.9 Å². The third-order valence-electron chi connectivity index (χ3n) is 5.09. The Balaban J connectivity index is 1.34. The first-order chi connectivity index (χ1) is 12.7. The maximum atomic E-state index is 12.8. The van der Waals surface area contributed by atoms with E-state index in [-0.39, 0.29) is 5.91 Å². The highest BCUT2D eigenvalue weighted by atomic mass is 79.9. The van der Waals surface area contributed by atoms with Crippen LogP contribution in [-0.4, -0.2) is 71.3 Å². The van der Waals surface area contributed by atoms with Crippen LogP contribution in [0.3, 0.4) is 0 Å². The average molecular weight is 419 g/mol. The molecular weight excluding hydrogens is 396 g/mol. The summed E-state index contributed by atoms with van der Waals surface area (Å²) in [5.41, 5.74) is 2.33. The fourth-order valence-electron chi connectivity index (χ4n) is 3.58. The van der Waals surface area contributed by atoms with Gasteiger partial charge in [0.2, 0.25) is 0 Å². The minimum Gasteiger partial charge on any atom is -0.377 e. The van der Waals surface area contributed by atoms with Crippen LogP contribution in [0.5, 0.6) is 0 Å². The van der Waals surface area contributed by atoms with Crippen LogP contribution < -0.4 is 0 Å². The molecule has 1 atom stereocenters. The van der Waals surface area contributed by atoms with E-state index in [4.69, 9.17) is 4.74 Å². The molecule has 4 rings (SSSR count). The summed E-state index contributed by atoms with van der Waals surface area (Å²) in [4.78, 5) is 17.1. The van der Waals surface area contributed by atoms with Crippen molar-refractivity contribution < 1.29 is 9.53 Å². The van der Waals surface area contributed by atoms with Gasteiger partial charge in [-0.3, -0.25) is 14.8 Å². The molecule has 2 aliphatic rings. The summed E-state index contributed by atoms with van der Waals surface area (Å²) >= 11 is 3.43. The molecule has 7 heteroatoms. The number of hydrogen-bond donors (Lipinski definition) is 1. The molecule has 2 aliphatic heterocycles. The van der Waals surface area contributed by atoms with Gasteiger partial charge in [-0.25, -0.2) is 0 Å². The fourth-order valence-corrected chi connectivity index (χ4v) is 3.84. The van der Waals surface area contributed by atoms with E-state index in [1.54, 1.807) is 0 Å². The Kier molecular flexibility index (Phi) is 5.38. The van der Waals surface area contributed by atoms with Gasteiger partial charge in [-0.05, 0) is 31.0 Å². The Hall–Kier alpha value is -1.70. The van der Waals surface area contributed by atoms with Crippen LogP contribution in [0.4, 0.5) is 0 Å². The Bertz CT molecular complexity index is 747. The van der Waals surface area contributed by atoms with E-state index in [0.717, 1.165) is 61.5 Å². The topological polar surface area (TPSA) is 61.5 Å². The molecule has 1 unspecified atom stereocenters. The maximum absolute atomic E-state index is 12.8. The molecule has 6 nitrogen and oxygen atoms in total. The number of halogens is 1. The number of hydrogen-bond acceptors (Lipinski definition) is 4. The van der Waals surface area contributed by atoms with Gasteiger partial charge in [0.1, 0.15) is 5.69 Å². The predicted molar refractivity (Wildman–Crippen MR) is 103 cm³/mol. The van der Waals surface area contributed by atoms with Gasteiger partial charge >= 0.3 is 0 Å². The molecule has 1 aromatic carbocycles. The van der Waals surface area contributed by atoms with Crippen LogP contribution in [0.25, 0.3) is 11.3 Å². The lowest BCUT2D eigenvalue weighted by Crippen LogP contribution is -2.50. The highest BCUT2D eigenvalue weighted by Gasteiger charge is 2.26. The van der Waals surface area contributed by atoms with Crippen LogP contribution >= 0.6 is 15.9 Å². The number of ether oxygens (including phenoxy) is 1. The molecule has 0 spiro atoms. The molecule has 0 aliphatic carbocycles. The van der Waals surface area contributed by atoms with Crippen molar-refractivity contribution in [3.63, 3.8) is 0 Å². The maximum Gasteiger partial charge on any atom is 0.271 e. The molecular formula is C19H23BrN4O2. The summed E-state index contributed by atoms with van der Waals surface area (Å²) < 4.78 is 6.74. The van der Waals surface area contributed by atoms with Crippen molar-refractivity contribution in [1.29, 1.82) is 0 Å². The van der Waals surface area contributed by atoms with Crippen LogP contribution in [0, 0.1) is 0 Å². The molecule has 2 aromatic rings. The van der Waals surface area contributed by atoms with E-state index in [0.29, 0.717) is 11.8 Å². The van der Waals surface area contributed by atoms with Crippen LogP contribution in [0.1, 0.15) is 23.3 Å². The van der Waals surface area contributed by atoms with E-state index in [1.807, 2.05) is 35.2 Å². The number of nitrogens with one attached hydrogen (secondary N) is 1. The number of aromatic nitrogens is 2. The number of nitrogens with zero attached hydrogens (tertiary/aromatic N) is 3. The van der Waals surface area contributed by atoms with Crippen molar-refractivity contribution in [3.8, 4) is 11.3 Å². The third kappa shape index (κ3) is 4.00. The number of carbonyl (C=O) groups is 1.